The van der Waals surface area contributed by atoms with Crippen molar-refractivity contribution in [1.29, 1.82) is 0 Å². The van der Waals surface area contributed by atoms with E-state index in [1.807, 2.05) is 18.3 Å². The third-order valence-corrected chi connectivity index (χ3v) is 4.67. The molecule has 4 rings (SSSR count). The molecule has 2 aliphatic rings. The van der Waals surface area contributed by atoms with Crippen LogP contribution in [0.5, 0.6) is 0 Å². The number of fused-ring (bicyclic) bond motifs is 2. The Morgan fingerprint density at radius 1 is 1.38 bits per heavy atom. The van der Waals surface area contributed by atoms with E-state index >= 15 is 0 Å². The molecule has 108 valence electrons. The Kier molecular flexibility index (Phi) is 2.65. The molecule has 0 aromatic carbocycles. The largest absolute Gasteiger partial charge is 0.455 e. The Balaban J connectivity index is 1.71. The lowest BCUT2D eigenvalue weighted by Gasteiger charge is -2.37. The first-order valence-electron chi connectivity index (χ1n) is 7.30. The number of anilines is 1. The van der Waals surface area contributed by atoms with Crippen molar-refractivity contribution in [2.24, 2.45) is 5.73 Å². The van der Waals surface area contributed by atoms with Gasteiger partial charge in [0.1, 0.15) is 5.76 Å². The summed E-state index contributed by atoms with van der Waals surface area (Å²) >= 11 is 0. The number of aromatic nitrogens is 1. The molecule has 1 amide bonds. The van der Waals surface area contributed by atoms with Crippen LogP contribution in [0.2, 0.25) is 0 Å². The number of carbonyl (C=O) groups is 1. The highest BCUT2D eigenvalue weighted by molar-refractivity contribution is 6.05. The molecule has 5 nitrogen and oxygen atoms in total. The zero-order chi connectivity index (χ0) is 14.4. The predicted octanol–water partition coefficient (Wildman–Crippen LogP) is 2.22. The average molecular weight is 283 g/mol. The van der Waals surface area contributed by atoms with Gasteiger partial charge in [0.2, 0.25) is 0 Å². The van der Waals surface area contributed by atoms with Crippen LogP contribution in [0.15, 0.2) is 34.9 Å². The SMILES string of the molecule is NCc1ccc(C(=O)N2CC3(CCC3)c3ncccc32)o1. The predicted molar refractivity (Wildman–Crippen MR) is 78.0 cm³/mol. The lowest BCUT2D eigenvalue weighted by Crippen LogP contribution is -2.41. The first-order valence-corrected chi connectivity index (χ1v) is 7.30. The molecule has 1 spiro atoms. The van der Waals surface area contributed by atoms with Crippen molar-refractivity contribution in [1.82, 2.24) is 4.98 Å². The minimum Gasteiger partial charge on any atom is -0.455 e. The van der Waals surface area contributed by atoms with Gasteiger partial charge in [-0.25, -0.2) is 0 Å². The van der Waals surface area contributed by atoms with E-state index in [0.29, 0.717) is 24.6 Å². The van der Waals surface area contributed by atoms with Gasteiger partial charge in [0.25, 0.3) is 5.91 Å². The second kappa shape index (κ2) is 4.43. The van der Waals surface area contributed by atoms with Gasteiger partial charge >= 0.3 is 0 Å². The zero-order valence-corrected chi connectivity index (χ0v) is 11.7. The Hall–Kier alpha value is -2.14. The molecule has 0 bridgehead atoms. The number of hydrogen-bond donors (Lipinski definition) is 1. The normalized spacial score (nSPS) is 18.6. The summed E-state index contributed by atoms with van der Waals surface area (Å²) in [6.07, 6.45) is 5.22. The fourth-order valence-corrected chi connectivity index (χ4v) is 3.40. The first-order chi connectivity index (χ1) is 10.2. The van der Waals surface area contributed by atoms with E-state index in [2.05, 4.69) is 4.98 Å². The highest BCUT2D eigenvalue weighted by Crippen LogP contribution is 2.51. The van der Waals surface area contributed by atoms with Crippen LogP contribution in [0.1, 0.15) is 41.3 Å². The molecular weight excluding hydrogens is 266 g/mol. The molecule has 2 aromatic heterocycles. The summed E-state index contributed by atoms with van der Waals surface area (Å²) in [5.74, 6) is 0.872. The summed E-state index contributed by atoms with van der Waals surface area (Å²) in [5.41, 5.74) is 7.59. The molecule has 0 saturated heterocycles. The number of furan rings is 1. The van der Waals surface area contributed by atoms with E-state index in [4.69, 9.17) is 10.2 Å². The van der Waals surface area contributed by atoms with Crippen LogP contribution in [0.3, 0.4) is 0 Å². The van der Waals surface area contributed by atoms with E-state index in [9.17, 15) is 4.79 Å². The van der Waals surface area contributed by atoms with Gasteiger partial charge in [0, 0.05) is 18.2 Å². The van der Waals surface area contributed by atoms with Crippen molar-refractivity contribution in [2.75, 3.05) is 11.4 Å². The molecular formula is C16H17N3O2. The van der Waals surface area contributed by atoms with E-state index < -0.39 is 0 Å². The van der Waals surface area contributed by atoms with Crippen LogP contribution in [0, 0.1) is 0 Å². The molecule has 0 atom stereocenters. The first kappa shape index (κ1) is 12.6. The van der Waals surface area contributed by atoms with Crippen LogP contribution in [-0.2, 0) is 12.0 Å². The lowest BCUT2D eigenvalue weighted by atomic mass is 9.67. The van der Waals surface area contributed by atoms with Crippen molar-refractivity contribution in [3.63, 3.8) is 0 Å². The Morgan fingerprint density at radius 2 is 2.24 bits per heavy atom. The van der Waals surface area contributed by atoms with Gasteiger partial charge in [-0.1, -0.05) is 6.42 Å². The van der Waals surface area contributed by atoms with Gasteiger partial charge in [-0.15, -0.1) is 0 Å². The van der Waals surface area contributed by atoms with Gasteiger partial charge < -0.3 is 15.1 Å². The summed E-state index contributed by atoms with van der Waals surface area (Å²) in [6.45, 7) is 1.01. The topological polar surface area (TPSA) is 72.4 Å². The molecule has 1 aliphatic heterocycles. The molecule has 3 heterocycles. The fourth-order valence-electron chi connectivity index (χ4n) is 3.40. The van der Waals surface area contributed by atoms with Gasteiger partial charge in [0.05, 0.1) is 17.9 Å². The number of pyridine rings is 1. The Morgan fingerprint density at radius 3 is 2.90 bits per heavy atom. The maximum Gasteiger partial charge on any atom is 0.294 e. The molecule has 21 heavy (non-hydrogen) atoms. The zero-order valence-electron chi connectivity index (χ0n) is 11.7. The monoisotopic (exact) mass is 283 g/mol. The minimum absolute atomic E-state index is 0.0650. The summed E-state index contributed by atoms with van der Waals surface area (Å²) < 4.78 is 5.51. The van der Waals surface area contributed by atoms with Crippen molar-refractivity contribution >= 4 is 11.6 Å². The maximum atomic E-state index is 12.7. The Labute approximate surface area is 122 Å². The van der Waals surface area contributed by atoms with E-state index in [1.54, 1.807) is 17.0 Å². The van der Waals surface area contributed by atoms with Crippen LogP contribution in [-0.4, -0.2) is 17.4 Å². The van der Waals surface area contributed by atoms with E-state index in [1.165, 1.54) is 6.42 Å². The smallest absolute Gasteiger partial charge is 0.294 e. The van der Waals surface area contributed by atoms with Gasteiger partial charge in [-0.05, 0) is 37.1 Å². The molecule has 0 unspecified atom stereocenters. The molecule has 2 aromatic rings. The highest BCUT2D eigenvalue weighted by atomic mass is 16.4. The van der Waals surface area contributed by atoms with Crippen molar-refractivity contribution < 1.29 is 9.21 Å². The maximum absolute atomic E-state index is 12.7. The van der Waals surface area contributed by atoms with Crippen LogP contribution in [0.25, 0.3) is 0 Å². The second-order valence-electron chi connectivity index (χ2n) is 5.87. The average Bonchev–Trinajstić information content (AvgIpc) is 3.08. The standard InChI is InChI=1S/C16H17N3O2/c17-9-11-4-5-13(21-11)15(20)19-10-16(6-2-7-16)14-12(19)3-1-8-18-14/h1,3-5,8H,2,6-7,9-10,17H2. The van der Waals surface area contributed by atoms with Gasteiger partial charge in [-0.3, -0.25) is 9.78 Å². The minimum atomic E-state index is -0.104. The summed E-state index contributed by atoms with van der Waals surface area (Å²) in [5, 5.41) is 0. The molecule has 0 radical (unpaired) electrons. The number of rotatable bonds is 2. The van der Waals surface area contributed by atoms with Crippen LogP contribution >= 0.6 is 0 Å². The van der Waals surface area contributed by atoms with E-state index in [-0.39, 0.29) is 11.3 Å². The number of amides is 1. The van der Waals surface area contributed by atoms with Gasteiger partial charge in [-0.2, -0.15) is 0 Å². The van der Waals surface area contributed by atoms with Crippen LogP contribution < -0.4 is 10.6 Å². The van der Waals surface area contributed by atoms with Gasteiger partial charge in [0.15, 0.2) is 5.76 Å². The number of carbonyl (C=O) groups excluding carboxylic acids is 1. The number of nitrogens with two attached hydrogens (primary N) is 1. The quantitative estimate of drug-likeness (QED) is 0.917. The van der Waals surface area contributed by atoms with Crippen molar-refractivity contribution in [3.05, 3.63) is 47.7 Å². The number of nitrogens with zero attached hydrogens (tertiary/aromatic N) is 2. The summed E-state index contributed by atoms with van der Waals surface area (Å²) in [6, 6.07) is 7.31. The Bertz CT molecular complexity index is 703. The van der Waals surface area contributed by atoms with Crippen LogP contribution in [0.4, 0.5) is 5.69 Å². The second-order valence-corrected chi connectivity index (χ2v) is 5.87. The highest BCUT2D eigenvalue weighted by Gasteiger charge is 2.50. The third kappa shape index (κ3) is 1.74. The molecule has 5 heteroatoms. The summed E-state index contributed by atoms with van der Waals surface area (Å²) in [4.78, 5) is 19.1. The number of hydrogen-bond acceptors (Lipinski definition) is 4. The molecule has 1 saturated carbocycles. The third-order valence-electron chi connectivity index (χ3n) is 4.67. The van der Waals surface area contributed by atoms with Crippen molar-refractivity contribution in [2.45, 2.75) is 31.2 Å². The molecule has 1 fully saturated rings. The fraction of sp³-hybridized carbons (Fsp3) is 0.375. The molecule has 2 N–H and O–H groups in total. The lowest BCUT2D eigenvalue weighted by molar-refractivity contribution is 0.0950. The summed E-state index contributed by atoms with van der Waals surface area (Å²) in [7, 11) is 0. The van der Waals surface area contributed by atoms with Crippen molar-refractivity contribution in [3.8, 4) is 0 Å². The van der Waals surface area contributed by atoms with E-state index in [0.717, 1.165) is 24.2 Å². The molecule has 1 aliphatic carbocycles.